The Bertz CT molecular complexity index is 718. The highest BCUT2D eigenvalue weighted by Gasteiger charge is 2.58. The monoisotopic (exact) mass is 412 g/mol. The molecule has 0 radical (unpaired) electrons. The number of unbranched alkanes of at least 4 members (excludes halogenated alkanes) is 2. The molecule has 0 N–H and O–H groups in total. The van der Waals surface area contributed by atoms with E-state index in [9.17, 15) is 4.79 Å². The summed E-state index contributed by atoms with van der Waals surface area (Å²) < 4.78 is 5.60. The van der Waals surface area contributed by atoms with Crippen molar-refractivity contribution in [2.45, 2.75) is 111 Å². The minimum Gasteiger partial charge on any atom is -0.462 e. The Kier molecular flexibility index (Phi) is 6.26. The van der Waals surface area contributed by atoms with Crippen molar-refractivity contribution in [2.24, 2.45) is 34.5 Å². The predicted molar refractivity (Wildman–Crippen MR) is 124 cm³/mol. The van der Waals surface area contributed by atoms with E-state index in [0.29, 0.717) is 10.8 Å². The molecule has 2 heteroatoms. The summed E-state index contributed by atoms with van der Waals surface area (Å²) in [7, 11) is 0. The van der Waals surface area contributed by atoms with E-state index < -0.39 is 0 Å². The first-order chi connectivity index (χ1) is 14.3. The van der Waals surface area contributed by atoms with Crippen LogP contribution in [0.15, 0.2) is 23.3 Å². The van der Waals surface area contributed by atoms with E-state index in [2.05, 4.69) is 39.8 Å². The summed E-state index contributed by atoms with van der Waals surface area (Å²) in [6.07, 6.45) is 19.2. The molecule has 168 valence electrons. The van der Waals surface area contributed by atoms with Gasteiger partial charge in [-0.3, -0.25) is 4.79 Å². The smallest absolute Gasteiger partial charge is 0.302 e. The number of allylic oxidation sites excluding steroid dienone is 3. The van der Waals surface area contributed by atoms with E-state index in [1.54, 1.807) is 18.1 Å². The lowest BCUT2D eigenvalue weighted by molar-refractivity contribution is -0.148. The predicted octanol–water partition coefficient (Wildman–Crippen LogP) is 7.63. The third kappa shape index (κ3) is 3.71. The van der Waals surface area contributed by atoms with Crippen LogP contribution >= 0.6 is 0 Å². The fourth-order valence-electron chi connectivity index (χ4n) is 8.39. The van der Waals surface area contributed by atoms with Gasteiger partial charge in [0.1, 0.15) is 6.10 Å². The fraction of sp³-hybridized carbons (Fsp3) is 0.821. The molecule has 4 rings (SSSR count). The number of carbonyl (C=O) groups excluding carboxylic acids is 1. The van der Waals surface area contributed by atoms with Gasteiger partial charge in [0.2, 0.25) is 0 Å². The van der Waals surface area contributed by atoms with Crippen LogP contribution in [-0.2, 0) is 9.53 Å². The third-order valence-corrected chi connectivity index (χ3v) is 9.96. The Morgan fingerprint density at radius 3 is 2.67 bits per heavy atom. The number of esters is 1. The normalized spacial score (nSPS) is 43.3. The van der Waals surface area contributed by atoms with Gasteiger partial charge in [-0.15, -0.1) is 0 Å². The molecule has 4 aliphatic carbocycles. The van der Waals surface area contributed by atoms with Gasteiger partial charge in [-0.05, 0) is 92.8 Å². The summed E-state index contributed by atoms with van der Waals surface area (Å²) >= 11 is 0. The van der Waals surface area contributed by atoms with Crippen LogP contribution in [0, 0.1) is 34.5 Å². The van der Waals surface area contributed by atoms with Crippen molar-refractivity contribution >= 4 is 5.97 Å². The van der Waals surface area contributed by atoms with Crippen LogP contribution in [0.4, 0.5) is 0 Å². The highest BCUT2D eigenvalue weighted by atomic mass is 16.5. The van der Waals surface area contributed by atoms with E-state index in [4.69, 9.17) is 4.74 Å². The molecule has 0 heterocycles. The topological polar surface area (TPSA) is 26.3 Å². The largest absolute Gasteiger partial charge is 0.462 e. The Labute approximate surface area is 184 Å². The second-order valence-electron chi connectivity index (χ2n) is 11.5. The molecular weight excluding hydrogens is 368 g/mol. The Morgan fingerprint density at radius 1 is 1.13 bits per heavy atom. The minimum atomic E-state index is -0.120. The van der Waals surface area contributed by atoms with Crippen molar-refractivity contribution in [2.75, 3.05) is 0 Å². The maximum Gasteiger partial charge on any atom is 0.302 e. The van der Waals surface area contributed by atoms with E-state index in [-0.39, 0.29) is 12.1 Å². The molecule has 0 spiro atoms. The maximum atomic E-state index is 11.5. The quantitative estimate of drug-likeness (QED) is 0.263. The number of hydrogen-bond acceptors (Lipinski definition) is 2. The molecule has 0 aliphatic heterocycles. The second kappa shape index (κ2) is 8.47. The summed E-state index contributed by atoms with van der Waals surface area (Å²) in [6.45, 7) is 11.5. The second-order valence-corrected chi connectivity index (χ2v) is 11.5. The summed E-state index contributed by atoms with van der Waals surface area (Å²) in [6, 6.07) is 0. The van der Waals surface area contributed by atoms with Gasteiger partial charge in [-0.2, -0.15) is 0 Å². The van der Waals surface area contributed by atoms with Gasteiger partial charge >= 0.3 is 5.97 Å². The molecule has 0 amide bonds. The molecular formula is C28H44O2. The van der Waals surface area contributed by atoms with Crippen molar-refractivity contribution in [3.63, 3.8) is 0 Å². The zero-order valence-corrected chi connectivity index (χ0v) is 20.1. The first kappa shape index (κ1) is 22.2. The van der Waals surface area contributed by atoms with Crippen molar-refractivity contribution in [1.29, 1.82) is 0 Å². The molecule has 3 fully saturated rings. The number of carbonyl (C=O) groups is 1. The average molecular weight is 413 g/mol. The Balaban J connectivity index is 1.52. The van der Waals surface area contributed by atoms with Gasteiger partial charge in [0.15, 0.2) is 0 Å². The zero-order chi connectivity index (χ0) is 21.5. The molecule has 0 aromatic rings. The average Bonchev–Trinajstić information content (AvgIpc) is 3.05. The lowest BCUT2D eigenvalue weighted by Crippen LogP contribution is -2.50. The van der Waals surface area contributed by atoms with Gasteiger partial charge in [-0.1, -0.05) is 56.9 Å². The first-order valence-electron chi connectivity index (χ1n) is 12.8. The van der Waals surface area contributed by atoms with Gasteiger partial charge in [0.25, 0.3) is 0 Å². The van der Waals surface area contributed by atoms with Crippen molar-refractivity contribution in [3.05, 3.63) is 23.3 Å². The molecule has 7 atom stereocenters. The van der Waals surface area contributed by atoms with Crippen LogP contribution < -0.4 is 0 Å². The lowest BCUT2D eigenvalue weighted by atomic mass is 9.47. The highest BCUT2D eigenvalue weighted by Crippen LogP contribution is 2.67. The number of ether oxygens (including phenoxy) is 1. The summed E-state index contributed by atoms with van der Waals surface area (Å²) in [5, 5.41) is 0. The molecule has 2 nitrogen and oxygen atoms in total. The molecule has 0 aromatic carbocycles. The standard InChI is InChI=1S/C28H44O2/c1-6-7-8-9-19(2)24-12-13-25-23-11-10-21-18-22(30-20(3)29)14-16-27(21,4)26(23)15-17-28(24,25)5/h9-10,22-26H,6-8,11-18H2,1-5H3/b19-9-. The maximum absolute atomic E-state index is 11.5. The van der Waals surface area contributed by atoms with Crippen molar-refractivity contribution in [3.8, 4) is 0 Å². The van der Waals surface area contributed by atoms with Crippen LogP contribution in [0.3, 0.4) is 0 Å². The Hall–Kier alpha value is -1.05. The SMILES string of the molecule is CCCC/C=C(/C)C1CCC2C3CC=C4CC(OC(C)=O)CCC4(C)C3CCC12C. The molecule has 7 unspecified atom stereocenters. The molecule has 3 saturated carbocycles. The van der Waals surface area contributed by atoms with Crippen LogP contribution in [0.5, 0.6) is 0 Å². The van der Waals surface area contributed by atoms with Crippen LogP contribution in [0.1, 0.15) is 105 Å². The number of rotatable bonds is 5. The summed E-state index contributed by atoms with van der Waals surface area (Å²) in [4.78, 5) is 11.5. The Morgan fingerprint density at radius 2 is 1.93 bits per heavy atom. The van der Waals surface area contributed by atoms with E-state index in [1.165, 1.54) is 57.8 Å². The van der Waals surface area contributed by atoms with Gasteiger partial charge in [0.05, 0.1) is 0 Å². The van der Waals surface area contributed by atoms with E-state index in [1.807, 2.05) is 0 Å². The van der Waals surface area contributed by atoms with Crippen LogP contribution in [-0.4, -0.2) is 12.1 Å². The first-order valence-corrected chi connectivity index (χ1v) is 12.8. The van der Waals surface area contributed by atoms with Crippen molar-refractivity contribution < 1.29 is 9.53 Å². The molecule has 4 aliphatic rings. The van der Waals surface area contributed by atoms with E-state index >= 15 is 0 Å². The van der Waals surface area contributed by atoms with Crippen LogP contribution in [0.2, 0.25) is 0 Å². The van der Waals surface area contributed by atoms with Crippen molar-refractivity contribution in [1.82, 2.24) is 0 Å². The highest BCUT2D eigenvalue weighted by molar-refractivity contribution is 5.66. The summed E-state index contributed by atoms with van der Waals surface area (Å²) in [5.74, 6) is 3.26. The molecule has 0 aromatic heterocycles. The third-order valence-electron chi connectivity index (χ3n) is 9.96. The molecule has 0 bridgehead atoms. The molecule has 0 saturated heterocycles. The summed E-state index contributed by atoms with van der Waals surface area (Å²) in [5.41, 5.74) is 4.14. The lowest BCUT2D eigenvalue weighted by Gasteiger charge is -2.58. The molecule has 30 heavy (non-hydrogen) atoms. The number of hydrogen-bond donors (Lipinski definition) is 0. The van der Waals surface area contributed by atoms with Gasteiger partial charge < -0.3 is 4.74 Å². The van der Waals surface area contributed by atoms with Gasteiger partial charge in [0, 0.05) is 13.3 Å². The van der Waals surface area contributed by atoms with Crippen LogP contribution in [0.25, 0.3) is 0 Å². The minimum absolute atomic E-state index is 0.110. The zero-order valence-electron chi connectivity index (χ0n) is 20.1. The van der Waals surface area contributed by atoms with Gasteiger partial charge in [-0.25, -0.2) is 0 Å². The fourth-order valence-corrected chi connectivity index (χ4v) is 8.39. The van der Waals surface area contributed by atoms with E-state index in [0.717, 1.165) is 36.5 Å². The number of fused-ring (bicyclic) bond motifs is 5.